The number of alkyl halides is 5. The van der Waals surface area contributed by atoms with E-state index in [0.29, 0.717) is 37.0 Å². The first kappa shape index (κ1) is 23.9. The van der Waals surface area contributed by atoms with Crippen molar-refractivity contribution in [3.05, 3.63) is 53.3 Å². The molecule has 0 amide bonds. The molecule has 1 saturated carbocycles. The molecule has 0 saturated heterocycles. The van der Waals surface area contributed by atoms with E-state index in [1.165, 1.54) is 5.92 Å². The van der Waals surface area contributed by atoms with Gasteiger partial charge in [-0.1, -0.05) is 25.7 Å². The topological polar surface area (TPSA) is 9.23 Å². The van der Waals surface area contributed by atoms with Crippen molar-refractivity contribution < 1.29 is 39.9 Å². The Kier molecular flexibility index (Phi) is 6.72. The summed E-state index contributed by atoms with van der Waals surface area (Å²) in [6.07, 6.45) is -6.63. The minimum Gasteiger partial charge on any atom is -0.432 e. The highest BCUT2D eigenvalue weighted by atomic mass is 19.4. The normalized spacial score (nSPS) is 19.3. The zero-order chi connectivity index (χ0) is 23.7. The predicted octanol–water partition coefficient (Wildman–Crippen LogP) is 7.48. The zero-order valence-electron chi connectivity index (χ0n) is 16.8. The second kappa shape index (κ2) is 9.00. The van der Waals surface area contributed by atoms with E-state index in [9.17, 15) is 35.1 Å². The standard InChI is InChI=1S/C23H18F8O/c1-13-2-4-15(5-3-13)23(30,31)32-16-6-7-17(21(26)12-16)14-10-19(24)18(20(25)11-14)8-9-22(27,28)29/h6-7,10-13,15H,2-5H2,1H3. The Morgan fingerprint density at radius 1 is 0.844 bits per heavy atom. The Morgan fingerprint density at radius 2 is 1.44 bits per heavy atom. The predicted molar refractivity (Wildman–Crippen MR) is 101 cm³/mol. The van der Waals surface area contributed by atoms with Gasteiger partial charge in [-0.25, -0.2) is 13.2 Å². The van der Waals surface area contributed by atoms with Crippen molar-refractivity contribution in [2.75, 3.05) is 0 Å². The van der Waals surface area contributed by atoms with E-state index < -0.39 is 47.0 Å². The second-order valence-electron chi connectivity index (χ2n) is 7.82. The Bertz CT molecular complexity index is 1020. The van der Waals surface area contributed by atoms with E-state index in [4.69, 9.17) is 4.74 Å². The molecule has 0 aliphatic heterocycles. The Hall–Kier alpha value is -2.76. The number of rotatable bonds is 4. The van der Waals surface area contributed by atoms with Crippen molar-refractivity contribution in [1.29, 1.82) is 0 Å². The van der Waals surface area contributed by atoms with E-state index in [-0.39, 0.29) is 24.0 Å². The van der Waals surface area contributed by atoms with Crippen molar-refractivity contribution in [2.24, 2.45) is 11.8 Å². The summed E-state index contributed by atoms with van der Waals surface area (Å²) in [4.78, 5) is 0. The quantitative estimate of drug-likeness (QED) is 0.338. The molecular weight excluding hydrogens is 444 g/mol. The number of ether oxygens (including phenoxy) is 1. The third kappa shape index (κ3) is 5.72. The van der Waals surface area contributed by atoms with E-state index in [1.807, 2.05) is 6.92 Å². The lowest BCUT2D eigenvalue weighted by molar-refractivity contribution is -0.223. The van der Waals surface area contributed by atoms with Crippen molar-refractivity contribution in [3.8, 4) is 28.7 Å². The first-order valence-corrected chi connectivity index (χ1v) is 9.81. The van der Waals surface area contributed by atoms with Crippen LogP contribution in [-0.2, 0) is 0 Å². The second-order valence-corrected chi connectivity index (χ2v) is 7.82. The van der Waals surface area contributed by atoms with Gasteiger partial charge in [0.05, 0.1) is 11.5 Å². The molecular formula is C23H18F8O. The third-order valence-electron chi connectivity index (χ3n) is 5.37. The lowest BCUT2D eigenvalue weighted by Gasteiger charge is -2.32. The average Bonchev–Trinajstić information content (AvgIpc) is 2.66. The van der Waals surface area contributed by atoms with Gasteiger partial charge in [0.15, 0.2) is 0 Å². The van der Waals surface area contributed by atoms with Gasteiger partial charge >= 0.3 is 12.3 Å². The number of benzene rings is 2. The molecule has 1 aliphatic carbocycles. The van der Waals surface area contributed by atoms with Crippen LogP contribution in [0.1, 0.15) is 38.2 Å². The molecule has 0 atom stereocenters. The van der Waals surface area contributed by atoms with Gasteiger partial charge in [-0.05, 0) is 48.6 Å². The highest BCUT2D eigenvalue weighted by Crippen LogP contribution is 2.40. The van der Waals surface area contributed by atoms with Gasteiger partial charge in [0.2, 0.25) is 0 Å². The third-order valence-corrected chi connectivity index (χ3v) is 5.37. The smallest absolute Gasteiger partial charge is 0.432 e. The Labute approximate surface area is 179 Å². The summed E-state index contributed by atoms with van der Waals surface area (Å²) >= 11 is 0. The summed E-state index contributed by atoms with van der Waals surface area (Å²) in [5.74, 6) is -2.93. The van der Waals surface area contributed by atoms with Crippen LogP contribution in [0, 0.1) is 41.1 Å². The molecule has 1 fully saturated rings. The molecule has 0 aromatic heterocycles. The summed E-state index contributed by atoms with van der Waals surface area (Å²) in [5.41, 5.74) is -1.80. The van der Waals surface area contributed by atoms with Gasteiger partial charge in [-0.3, -0.25) is 0 Å². The molecule has 9 heteroatoms. The monoisotopic (exact) mass is 462 g/mol. The first-order chi connectivity index (χ1) is 14.9. The van der Waals surface area contributed by atoms with Crippen molar-refractivity contribution >= 4 is 0 Å². The number of hydrogen-bond donors (Lipinski definition) is 0. The van der Waals surface area contributed by atoms with E-state index in [1.54, 1.807) is 0 Å². The number of hydrogen-bond acceptors (Lipinski definition) is 1. The molecule has 0 heterocycles. The zero-order valence-corrected chi connectivity index (χ0v) is 16.8. The van der Waals surface area contributed by atoms with Crippen LogP contribution < -0.4 is 4.74 Å². The van der Waals surface area contributed by atoms with Crippen LogP contribution in [-0.4, -0.2) is 12.3 Å². The van der Waals surface area contributed by atoms with E-state index in [0.717, 1.165) is 18.1 Å². The van der Waals surface area contributed by atoms with Gasteiger partial charge in [0.1, 0.15) is 23.2 Å². The molecule has 0 bridgehead atoms. The Morgan fingerprint density at radius 3 is 1.97 bits per heavy atom. The van der Waals surface area contributed by atoms with Gasteiger partial charge in [-0.2, -0.15) is 22.0 Å². The van der Waals surface area contributed by atoms with Crippen LogP contribution in [0.4, 0.5) is 35.1 Å². The van der Waals surface area contributed by atoms with Crippen LogP contribution >= 0.6 is 0 Å². The lowest BCUT2D eigenvalue weighted by Crippen LogP contribution is -2.37. The van der Waals surface area contributed by atoms with Crippen LogP contribution in [0.15, 0.2) is 30.3 Å². The van der Waals surface area contributed by atoms with Crippen molar-refractivity contribution in [2.45, 2.75) is 44.9 Å². The molecule has 172 valence electrons. The molecule has 0 spiro atoms. The molecule has 1 nitrogen and oxygen atoms in total. The summed E-state index contributed by atoms with van der Waals surface area (Å²) < 4.78 is 113. The average molecular weight is 462 g/mol. The summed E-state index contributed by atoms with van der Waals surface area (Å²) in [6, 6.07) is 3.92. The molecule has 3 rings (SSSR count). The minimum absolute atomic E-state index is 0.275. The van der Waals surface area contributed by atoms with Gasteiger partial charge in [-0.15, -0.1) is 0 Å². The van der Waals surface area contributed by atoms with Crippen LogP contribution in [0.3, 0.4) is 0 Å². The Balaban J connectivity index is 1.83. The fourth-order valence-electron chi connectivity index (χ4n) is 3.61. The maximum absolute atomic E-state index is 14.5. The highest BCUT2D eigenvalue weighted by Gasteiger charge is 2.43. The van der Waals surface area contributed by atoms with Crippen molar-refractivity contribution in [3.63, 3.8) is 0 Å². The summed E-state index contributed by atoms with van der Waals surface area (Å²) in [5, 5.41) is 0. The fraction of sp³-hybridized carbons (Fsp3) is 0.391. The SMILES string of the molecule is CC1CCC(C(F)(F)Oc2ccc(-c3cc(F)c(C#CC(F)(F)F)c(F)c3)c(F)c2)CC1. The summed E-state index contributed by atoms with van der Waals surface area (Å²) in [7, 11) is 0. The molecule has 2 aromatic rings. The van der Waals surface area contributed by atoms with Crippen LogP contribution in [0.2, 0.25) is 0 Å². The largest absolute Gasteiger partial charge is 0.458 e. The molecule has 1 aliphatic rings. The molecule has 0 unspecified atom stereocenters. The van der Waals surface area contributed by atoms with E-state index >= 15 is 0 Å². The minimum atomic E-state index is -4.95. The fourth-order valence-corrected chi connectivity index (χ4v) is 3.61. The molecule has 0 radical (unpaired) electrons. The first-order valence-electron chi connectivity index (χ1n) is 9.81. The highest BCUT2D eigenvalue weighted by molar-refractivity contribution is 5.66. The van der Waals surface area contributed by atoms with Gasteiger partial charge in [0, 0.05) is 17.6 Å². The van der Waals surface area contributed by atoms with Crippen molar-refractivity contribution in [1.82, 2.24) is 0 Å². The van der Waals surface area contributed by atoms with Crippen LogP contribution in [0.25, 0.3) is 11.1 Å². The molecule has 2 aromatic carbocycles. The van der Waals surface area contributed by atoms with Crippen LogP contribution in [0.5, 0.6) is 5.75 Å². The van der Waals surface area contributed by atoms with Gasteiger partial charge < -0.3 is 4.74 Å². The molecule has 0 N–H and O–H groups in total. The summed E-state index contributed by atoms with van der Waals surface area (Å²) in [6.45, 7) is 1.98. The maximum atomic E-state index is 14.5. The maximum Gasteiger partial charge on any atom is 0.458 e. The number of halogens is 8. The lowest BCUT2D eigenvalue weighted by atomic mass is 9.82. The van der Waals surface area contributed by atoms with E-state index in [2.05, 4.69) is 0 Å². The molecule has 32 heavy (non-hydrogen) atoms. The van der Waals surface area contributed by atoms with Gasteiger partial charge in [0.25, 0.3) is 0 Å².